The van der Waals surface area contributed by atoms with Gasteiger partial charge in [-0.25, -0.2) is 0 Å². The van der Waals surface area contributed by atoms with Crippen LogP contribution in [0.25, 0.3) is 0 Å². The predicted molar refractivity (Wildman–Crippen MR) is 47.6 cm³/mol. The topological polar surface area (TPSA) is 0 Å². The molecule has 44 valence electrons. The molecule has 1 aromatic rings. The summed E-state index contributed by atoms with van der Waals surface area (Å²) in [5, 5.41) is 0. The Kier molecular flexibility index (Phi) is 5.21. The molecule has 0 aliphatic heterocycles. The Morgan fingerprint density at radius 2 is 1.22 bits per heavy atom. The minimum atomic E-state index is 0. The smallest absolute Gasteiger partial charge is 0.0317 e. The van der Waals surface area contributed by atoms with E-state index >= 15 is 0 Å². The van der Waals surface area contributed by atoms with E-state index in [2.05, 4.69) is 31.9 Å². The average Bonchev–Trinajstić information content (AvgIpc) is 1.77. The zero-order valence-corrected chi connectivity index (χ0v) is 9.36. The molecule has 0 unspecified atom stereocenters. The van der Waals surface area contributed by atoms with Crippen LogP contribution in [0.5, 0.6) is 0 Å². The van der Waals surface area contributed by atoms with Gasteiger partial charge in [0.1, 0.15) is 0 Å². The molecule has 0 saturated heterocycles. The molecule has 0 fully saturated rings. The van der Waals surface area contributed by atoms with Gasteiger partial charge in [0, 0.05) is 32.0 Å². The van der Waals surface area contributed by atoms with Gasteiger partial charge in [-0.15, -0.1) is 0 Å². The van der Waals surface area contributed by atoms with E-state index in [1.165, 1.54) is 0 Å². The number of benzene rings is 1. The van der Waals surface area contributed by atoms with Crippen molar-refractivity contribution in [2.75, 3.05) is 0 Å². The van der Waals surface area contributed by atoms with Gasteiger partial charge in [0.2, 0.25) is 0 Å². The lowest BCUT2D eigenvalue weighted by molar-refractivity contribution is 1.59. The summed E-state index contributed by atoms with van der Waals surface area (Å²) < 4.78 is 2.19. The van der Waals surface area contributed by atoms with Crippen LogP contribution in [0.3, 0.4) is 0 Å². The number of rotatable bonds is 0. The summed E-state index contributed by atoms with van der Waals surface area (Å²) in [6.07, 6.45) is 0. The van der Waals surface area contributed by atoms with Crippen LogP contribution in [0.4, 0.5) is 0 Å². The minimum absolute atomic E-state index is 0. The van der Waals surface area contributed by atoms with Gasteiger partial charge in [-0.1, -0.05) is 12.1 Å². The number of hydrogen-bond donors (Lipinski definition) is 0. The SMILES string of the molecule is Brc1ccccc1Br.[Mg]. The van der Waals surface area contributed by atoms with Crippen LogP contribution in [0, 0.1) is 0 Å². The van der Waals surface area contributed by atoms with Crippen LogP contribution in [-0.2, 0) is 0 Å². The van der Waals surface area contributed by atoms with Crippen molar-refractivity contribution < 1.29 is 0 Å². The maximum Gasteiger partial charge on any atom is 0.0317 e. The molecule has 0 heterocycles. The maximum atomic E-state index is 3.35. The fourth-order valence-electron chi connectivity index (χ4n) is 0.439. The van der Waals surface area contributed by atoms with Crippen LogP contribution in [-0.4, -0.2) is 23.1 Å². The van der Waals surface area contributed by atoms with E-state index in [1.807, 2.05) is 24.3 Å². The minimum Gasteiger partial charge on any atom is -0.0611 e. The van der Waals surface area contributed by atoms with E-state index in [0.717, 1.165) is 8.95 Å². The first kappa shape index (κ1) is 9.95. The van der Waals surface area contributed by atoms with E-state index < -0.39 is 0 Å². The molecule has 9 heavy (non-hydrogen) atoms. The first-order valence-electron chi connectivity index (χ1n) is 2.21. The first-order chi connectivity index (χ1) is 3.80. The second kappa shape index (κ2) is 4.71. The Labute approximate surface area is 87.4 Å². The van der Waals surface area contributed by atoms with Crippen LogP contribution >= 0.6 is 31.9 Å². The van der Waals surface area contributed by atoms with Crippen molar-refractivity contribution in [3.63, 3.8) is 0 Å². The van der Waals surface area contributed by atoms with Gasteiger partial charge in [0.15, 0.2) is 0 Å². The third-order valence-corrected chi connectivity index (χ3v) is 2.74. The molecule has 3 heteroatoms. The lowest BCUT2D eigenvalue weighted by atomic mass is 10.4. The first-order valence-corrected chi connectivity index (χ1v) is 3.79. The van der Waals surface area contributed by atoms with Gasteiger partial charge in [-0.05, 0) is 44.0 Å². The molecule has 0 atom stereocenters. The number of halogens is 2. The fourth-order valence-corrected chi connectivity index (χ4v) is 1.01. The van der Waals surface area contributed by atoms with Crippen molar-refractivity contribution in [1.82, 2.24) is 0 Å². The molecule has 0 saturated carbocycles. The predicted octanol–water partition coefficient (Wildman–Crippen LogP) is 2.83. The van der Waals surface area contributed by atoms with Crippen molar-refractivity contribution in [2.45, 2.75) is 0 Å². The van der Waals surface area contributed by atoms with E-state index in [9.17, 15) is 0 Å². The summed E-state index contributed by atoms with van der Waals surface area (Å²) in [5.74, 6) is 0. The summed E-state index contributed by atoms with van der Waals surface area (Å²) in [5.41, 5.74) is 0. The molecule has 0 aliphatic rings. The van der Waals surface area contributed by atoms with E-state index in [-0.39, 0.29) is 23.1 Å². The highest BCUT2D eigenvalue weighted by Crippen LogP contribution is 2.20. The van der Waals surface area contributed by atoms with Crippen molar-refractivity contribution in [3.05, 3.63) is 33.2 Å². The molecule has 0 amide bonds. The van der Waals surface area contributed by atoms with Gasteiger partial charge in [0.25, 0.3) is 0 Å². The Morgan fingerprint density at radius 1 is 0.889 bits per heavy atom. The molecule has 0 spiro atoms. The zero-order valence-electron chi connectivity index (χ0n) is 4.77. The van der Waals surface area contributed by atoms with E-state index in [1.54, 1.807) is 0 Å². The summed E-state index contributed by atoms with van der Waals surface area (Å²) in [7, 11) is 0. The molecule has 0 aromatic heterocycles. The van der Waals surface area contributed by atoms with Gasteiger partial charge >= 0.3 is 0 Å². The monoisotopic (exact) mass is 258 g/mol. The van der Waals surface area contributed by atoms with Crippen molar-refractivity contribution in [2.24, 2.45) is 0 Å². The molecule has 1 rings (SSSR count). The lowest BCUT2D eigenvalue weighted by Gasteiger charge is -1.89. The van der Waals surface area contributed by atoms with E-state index in [4.69, 9.17) is 0 Å². The lowest BCUT2D eigenvalue weighted by Crippen LogP contribution is -1.63. The highest BCUT2D eigenvalue weighted by Gasteiger charge is 1.88. The van der Waals surface area contributed by atoms with Gasteiger partial charge in [0.05, 0.1) is 0 Å². The van der Waals surface area contributed by atoms with E-state index in [0.29, 0.717) is 0 Å². The third kappa shape index (κ3) is 3.02. The second-order valence-corrected chi connectivity index (χ2v) is 3.12. The summed E-state index contributed by atoms with van der Waals surface area (Å²) in [4.78, 5) is 0. The van der Waals surface area contributed by atoms with Gasteiger partial charge in [-0.3, -0.25) is 0 Å². The maximum absolute atomic E-state index is 3.35. The van der Waals surface area contributed by atoms with Gasteiger partial charge in [-0.2, -0.15) is 0 Å². The second-order valence-electron chi connectivity index (χ2n) is 1.41. The van der Waals surface area contributed by atoms with Crippen LogP contribution in [0.1, 0.15) is 0 Å². The summed E-state index contributed by atoms with van der Waals surface area (Å²) in [6, 6.07) is 7.94. The largest absolute Gasteiger partial charge is 0.0611 e. The zero-order chi connectivity index (χ0) is 5.98. The third-order valence-electron chi connectivity index (χ3n) is 0.824. The molecule has 0 aliphatic carbocycles. The van der Waals surface area contributed by atoms with Crippen LogP contribution in [0.2, 0.25) is 0 Å². The van der Waals surface area contributed by atoms with Crippen LogP contribution < -0.4 is 0 Å². The molecule has 0 nitrogen and oxygen atoms in total. The summed E-state index contributed by atoms with van der Waals surface area (Å²) >= 11 is 6.70. The van der Waals surface area contributed by atoms with Crippen LogP contribution in [0.15, 0.2) is 33.2 Å². The molecular formula is C6H4Br2Mg. The van der Waals surface area contributed by atoms with Crippen molar-refractivity contribution in [3.8, 4) is 0 Å². The molecular weight excluding hydrogens is 256 g/mol. The molecule has 0 bridgehead atoms. The molecule has 2 radical (unpaired) electrons. The Bertz CT molecular complexity index is 167. The summed E-state index contributed by atoms with van der Waals surface area (Å²) in [6.45, 7) is 0. The molecule has 0 N–H and O–H groups in total. The highest BCUT2D eigenvalue weighted by molar-refractivity contribution is 9.13. The Balaban J connectivity index is 0.000000640. The average molecular weight is 260 g/mol. The van der Waals surface area contributed by atoms with Crippen molar-refractivity contribution in [1.29, 1.82) is 0 Å². The van der Waals surface area contributed by atoms with Crippen molar-refractivity contribution >= 4 is 54.9 Å². The Morgan fingerprint density at radius 3 is 1.44 bits per heavy atom. The standard InChI is InChI=1S/C6H4Br2.Mg/c7-5-3-1-2-4-6(5)8;/h1-4H;. The number of hydrogen-bond acceptors (Lipinski definition) is 0. The normalized spacial score (nSPS) is 8.22. The molecule has 1 aromatic carbocycles. The highest BCUT2D eigenvalue weighted by atomic mass is 79.9. The quantitative estimate of drug-likeness (QED) is 0.629. The van der Waals surface area contributed by atoms with Gasteiger partial charge < -0.3 is 0 Å². The Hall–Kier alpha value is 0.946. The fraction of sp³-hybridized carbons (Fsp3) is 0.